The molecule has 4 rings (SSSR count). The number of para-hydroxylation sites is 1. The van der Waals surface area contributed by atoms with E-state index in [9.17, 15) is 14.9 Å². The third-order valence-corrected chi connectivity index (χ3v) is 7.31. The molecular formula is C23H23N5O3S2. The Bertz CT molecular complexity index is 1180. The maximum absolute atomic E-state index is 12.6. The number of ether oxygens (including phenoxy) is 1. The highest BCUT2D eigenvalue weighted by molar-refractivity contribution is 7.16. The van der Waals surface area contributed by atoms with Gasteiger partial charge in [0.2, 0.25) is 5.91 Å². The number of hydrogen-bond acceptors (Lipinski definition) is 7. The lowest BCUT2D eigenvalue weighted by Crippen LogP contribution is -2.42. The fraction of sp³-hybridized carbons (Fsp3) is 0.304. The van der Waals surface area contributed by atoms with Crippen molar-refractivity contribution in [3.63, 3.8) is 0 Å². The Morgan fingerprint density at radius 3 is 2.94 bits per heavy atom. The van der Waals surface area contributed by atoms with E-state index < -0.39 is 0 Å². The number of methoxy groups -OCH3 is 1. The maximum Gasteiger partial charge on any atom is 0.318 e. The van der Waals surface area contributed by atoms with E-state index in [4.69, 9.17) is 4.74 Å². The second-order valence-corrected chi connectivity index (χ2v) is 9.52. The minimum absolute atomic E-state index is 0.158. The quantitative estimate of drug-likeness (QED) is 0.532. The first-order valence-corrected chi connectivity index (χ1v) is 12.2. The van der Waals surface area contributed by atoms with Gasteiger partial charge >= 0.3 is 6.03 Å². The lowest BCUT2D eigenvalue weighted by Gasteiger charge is -2.27. The van der Waals surface area contributed by atoms with Gasteiger partial charge in [-0.3, -0.25) is 4.79 Å². The predicted molar refractivity (Wildman–Crippen MR) is 127 cm³/mol. The minimum atomic E-state index is -0.162. The van der Waals surface area contributed by atoms with Crippen LogP contribution in [0, 0.1) is 11.3 Å². The van der Waals surface area contributed by atoms with Gasteiger partial charge in [0.05, 0.1) is 25.8 Å². The number of nitriles is 1. The van der Waals surface area contributed by atoms with Crippen molar-refractivity contribution in [1.29, 1.82) is 5.26 Å². The van der Waals surface area contributed by atoms with Crippen LogP contribution in [0.5, 0.6) is 5.75 Å². The number of fused-ring (bicyclic) bond motifs is 1. The van der Waals surface area contributed by atoms with Crippen LogP contribution in [0.3, 0.4) is 0 Å². The summed E-state index contributed by atoms with van der Waals surface area (Å²) in [6.45, 7) is 1.32. The molecule has 0 spiro atoms. The number of thiophene rings is 1. The van der Waals surface area contributed by atoms with Crippen LogP contribution in [0.4, 0.5) is 9.80 Å². The molecule has 0 atom stereocenters. The third-order valence-electron chi connectivity index (χ3n) is 5.40. The maximum atomic E-state index is 12.6. The van der Waals surface area contributed by atoms with Gasteiger partial charge < -0.3 is 20.3 Å². The third kappa shape index (κ3) is 5.32. The van der Waals surface area contributed by atoms with Crippen molar-refractivity contribution in [2.45, 2.75) is 32.4 Å². The van der Waals surface area contributed by atoms with Crippen LogP contribution in [0.15, 0.2) is 35.8 Å². The molecule has 0 unspecified atom stereocenters. The van der Waals surface area contributed by atoms with Gasteiger partial charge in [0, 0.05) is 29.4 Å². The molecule has 0 aliphatic carbocycles. The molecule has 1 aromatic carbocycles. The van der Waals surface area contributed by atoms with Crippen LogP contribution in [0.1, 0.15) is 33.0 Å². The van der Waals surface area contributed by atoms with Crippen molar-refractivity contribution in [3.8, 4) is 11.8 Å². The number of carbonyl (C=O) groups excluding carboxylic acids is 2. The first-order valence-electron chi connectivity index (χ1n) is 10.5. The first kappa shape index (κ1) is 22.8. The summed E-state index contributed by atoms with van der Waals surface area (Å²) >= 11 is 2.86. The molecule has 10 heteroatoms. The zero-order valence-corrected chi connectivity index (χ0v) is 19.7. The summed E-state index contributed by atoms with van der Waals surface area (Å²) in [4.78, 5) is 32.0. The molecular weight excluding hydrogens is 458 g/mol. The first-order chi connectivity index (χ1) is 16.1. The van der Waals surface area contributed by atoms with Crippen LogP contribution >= 0.6 is 22.7 Å². The molecule has 0 bridgehead atoms. The number of aryl methyl sites for hydroxylation is 1. The molecule has 0 saturated carbocycles. The van der Waals surface area contributed by atoms with Crippen LogP contribution in [-0.2, 0) is 30.7 Å². The molecule has 0 radical (unpaired) electrons. The summed E-state index contributed by atoms with van der Waals surface area (Å²) in [6, 6.07) is 9.68. The molecule has 170 valence electrons. The Labute approximate surface area is 199 Å². The normalized spacial score (nSPS) is 12.5. The van der Waals surface area contributed by atoms with Gasteiger partial charge in [-0.1, -0.05) is 18.2 Å². The van der Waals surface area contributed by atoms with Gasteiger partial charge in [-0.25, -0.2) is 9.78 Å². The van der Waals surface area contributed by atoms with Gasteiger partial charge in [0.15, 0.2) is 0 Å². The van der Waals surface area contributed by atoms with E-state index in [0.29, 0.717) is 43.0 Å². The van der Waals surface area contributed by atoms with Gasteiger partial charge in [-0.05, 0) is 30.0 Å². The number of nitrogens with zero attached hydrogens (tertiary/aromatic N) is 3. The van der Waals surface area contributed by atoms with Crippen molar-refractivity contribution >= 4 is 39.6 Å². The van der Waals surface area contributed by atoms with Crippen molar-refractivity contribution < 1.29 is 14.3 Å². The van der Waals surface area contributed by atoms with Gasteiger partial charge in [0.1, 0.15) is 21.8 Å². The number of aromatic nitrogens is 1. The van der Waals surface area contributed by atoms with E-state index >= 15 is 0 Å². The van der Waals surface area contributed by atoms with Crippen molar-refractivity contribution in [2.24, 2.45) is 0 Å². The Balaban J connectivity index is 1.38. The van der Waals surface area contributed by atoms with Gasteiger partial charge in [-0.15, -0.1) is 22.7 Å². The molecule has 8 nitrogen and oxygen atoms in total. The van der Waals surface area contributed by atoms with Crippen molar-refractivity contribution in [3.05, 3.63) is 62.4 Å². The molecule has 0 saturated heterocycles. The zero-order valence-electron chi connectivity index (χ0n) is 18.1. The number of hydrogen-bond donors (Lipinski definition) is 2. The summed E-state index contributed by atoms with van der Waals surface area (Å²) in [7, 11) is 1.61. The smallest absolute Gasteiger partial charge is 0.318 e. The lowest BCUT2D eigenvalue weighted by atomic mass is 10.0. The van der Waals surface area contributed by atoms with Crippen molar-refractivity contribution in [1.82, 2.24) is 15.2 Å². The van der Waals surface area contributed by atoms with Crippen molar-refractivity contribution in [2.75, 3.05) is 19.0 Å². The number of thiazole rings is 1. The summed E-state index contributed by atoms with van der Waals surface area (Å²) in [5, 5.41) is 18.8. The Kier molecular flexibility index (Phi) is 7.22. The fourth-order valence-corrected chi connectivity index (χ4v) is 5.52. The van der Waals surface area contributed by atoms with E-state index in [1.54, 1.807) is 18.2 Å². The van der Waals surface area contributed by atoms with Crippen LogP contribution in [-0.4, -0.2) is 35.5 Å². The molecule has 3 amide bonds. The molecule has 2 N–H and O–H groups in total. The van der Waals surface area contributed by atoms with E-state index in [1.807, 2.05) is 29.6 Å². The minimum Gasteiger partial charge on any atom is -0.496 e. The van der Waals surface area contributed by atoms with E-state index in [-0.39, 0.29) is 18.4 Å². The van der Waals surface area contributed by atoms with E-state index in [0.717, 1.165) is 26.8 Å². The second-order valence-electron chi connectivity index (χ2n) is 7.44. The van der Waals surface area contributed by atoms with E-state index in [1.165, 1.54) is 22.7 Å². The second kappa shape index (κ2) is 10.5. The Hall–Kier alpha value is -3.42. The predicted octanol–water partition coefficient (Wildman–Crippen LogP) is 3.92. The highest BCUT2D eigenvalue weighted by Crippen LogP contribution is 2.36. The average molecular weight is 482 g/mol. The highest BCUT2D eigenvalue weighted by Gasteiger charge is 2.27. The summed E-state index contributed by atoms with van der Waals surface area (Å²) < 4.78 is 5.34. The fourth-order valence-electron chi connectivity index (χ4n) is 3.73. The van der Waals surface area contributed by atoms with Crippen LogP contribution in [0.2, 0.25) is 0 Å². The molecule has 2 aromatic heterocycles. The molecule has 0 fully saturated rings. The summed E-state index contributed by atoms with van der Waals surface area (Å²) in [5.74, 6) is 0.594. The van der Waals surface area contributed by atoms with Crippen LogP contribution < -0.4 is 15.4 Å². The van der Waals surface area contributed by atoms with Gasteiger partial charge in [0.25, 0.3) is 0 Å². The Morgan fingerprint density at radius 2 is 2.18 bits per heavy atom. The molecule has 3 heterocycles. The molecule has 33 heavy (non-hydrogen) atoms. The number of anilines is 1. The monoisotopic (exact) mass is 481 g/mol. The number of rotatable bonds is 7. The Morgan fingerprint density at radius 1 is 1.33 bits per heavy atom. The molecule has 1 aliphatic rings. The zero-order chi connectivity index (χ0) is 23.2. The topological polar surface area (TPSA) is 107 Å². The van der Waals surface area contributed by atoms with Crippen LogP contribution in [0.25, 0.3) is 0 Å². The largest absolute Gasteiger partial charge is 0.496 e. The average Bonchev–Trinajstić information content (AvgIpc) is 3.48. The molecule has 3 aromatic rings. The number of carbonyl (C=O) groups is 2. The summed E-state index contributed by atoms with van der Waals surface area (Å²) in [5.41, 5.74) is 2.38. The van der Waals surface area contributed by atoms with Gasteiger partial charge in [-0.2, -0.15) is 5.26 Å². The lowest BCUT2D eigenvalue weighted by molar-refractivity contribution is -0.116. The highest BCUT2D eigenvalue weighted by atomic mass is 32.1. The van der Waals surface area contributed by atoms with E-state index in [2.05, 4.69) is 21.7 Å². The number of amides is 3. The number of benzene rings is 1. The molecule has 1 aliphatic heterocycles. The number of urea groups is 1. The summed E-state index contributed by atoms with van der Waals surface area (Å²) in [6.07, 6.45) is 3.10. The SMILES string of the molecule is COc1ccccc1CCC(=O)Nc1sc2c(c1C#N)CCN(C(=O)NCc1nccs1)C2. The standard InChI is InChI=1S/C23H23N5O3S2/c1-31-18-5-3-2-4-15(18)6-7-20(29)27-22-17(12-24)16-8-10-28(14-19(16)33-22)23(30)26-13-21-25-9-11-32-21/h2-5,9,11H,6-8,10,13-14H2,1H3,(H,26,30)(H,27,29). The number of nitrogens with one attached hydrogen (secondary N) is 2.